The fraction of sp³-hybridized carbons (Fsp3) is 0.0588. The summed E-state index contributed by atoms with van der Waals surface area (Å²) in [6, 6.07) is 7.17. The van der Waals surface area contributed by atoms with Gasteiger partial charge in [-0.25, -0.2) is 0 Å². The molecule has 0 saturated carbocycles. The maximum Gasteiger partial charge on any atom is 0.280 e. The predicted molar refractivity (Wildman–Crippen MR) is 95.4 cm³/mol. The summed E-state index contributed by atoms with van der Waals surface area (Å²) >= 11 is 0. The van der Waals surface area contributed by atoms with Gasteiger partial charge in [-0.05, 0) is 6.07 Å². The molecule has 3 N–H and O–H groups in total. The van der Waals surface area contributed by atoms with Gasteiger partial charge in [0.2, 0.25) is 0 Å². The monoisotopic (exact) mass is 334 g/mol. The van der Waals surface area contributed by atoms with Crippen LogP contribution in [0.2, 0.25) is 0 Å². The lowest BCUT2D eigenvalue weighted by molar-refractivity contribution is 0.857. The van der Waals surface area contributed by atoms with Gasteiger partial charge in [0, 0.05) is 23.3 Å². The van der Waals surface area contributed by atoms with Crippen molar-refractivity contribution in [1.82, 2.24) is 14.2 Å². The SMILES string of the molecule is Cn1c(=O)c2c3[nH]c4ccccc4c3c3c(=O)n(N)c(=O)c3c2c1=O. The molecule has 5 aromatic rings. The Labute approximate surface area is 137 Å². The summed E-state index contributed by atoms with van der Waals surface area (Å²) in [6.07, 6.45) is 0. The highest BCUT2D eigenvalue weighted by molar-refractivity contribution is 6.31. The van der Waals surface area contributed by atoms with Crippen LogP contribution in [-0.2, 0) is 7.05 Å². The molecule has 8 heteroatoms. The zero-order chi connectivity index (χ0) is 17.6. The number of rotatable bonds is 0. The summed E-state index contributed by atoms with van der Waals surface area (Å²) in [5, 5.41) is 1.13. The van der Waals surface area contributed by atoms with E-state index in [-0.39, 0.29) is 21.5 Å². The van der Waals surface area contributed by atoms with Crippen LogP contribution in [0.15, 0.2) is 43.4 Å². The van der Waals surface area contributed by atoms with Gasteiger partial charge >= 0.3 is 0 Å². The molecule has 0 saturated heterocycles. The van der Waals surface area contributed by atoms with E-state index in [0.717, 1.165) is 4.57 Å². The van der Waals surface area contributed by atoms with Crippen molar-refractivity contribution in [1.29, 1.82) is 0 Å². The van der Waals surface area contributed by atoms with E-state index in [4.69, 9.17) is 5.84 Å². The summed E-state index contributed by atoms with van der Waals surface area (Å²) in [4.78, 5) is 53.4. The summed E-state index contributed by atoms with van der Waals surface area (Å²) in [5.74, 6) is 5.60. The number of hydrogen-bond acceptors (Lipinski definition) is 5. The molecule has 0 fully saturated rings. The Morgan fingerprint density at radius 1 is 0.800 bits per heavy atom. The number of nitrogens with one attached hydrogen (secondary N) is 1. The van der Waals surface area contributed by atoms with Crippen molar-refractivity contribution in [2.45, 2.75) is 0 Å². The number of nitrogens with two attached hydrogens (primary N) is 1. The molecule has 0 unspecified atom stereocenters. The first-order valence-corrected chi connectivity index (χ1v) is 7.49. The van der Waals surface area contributed by atoms with Gasteiger partial charge < -0.3 is 10.8 Å². The first-order valence-electron chi connectivity index (χ1n) is 7.49. The third-order valence-corrected chi connectivity index (χ3v) is 4.86. The first kappa shape index (κ1) is 13.7. The van der Waals surface area contributed by atoms with Crippen molar-refractivity contribution < 1.29 is 0 Å². The van der Waals surface area contributed by atoms with E-state index in [0.29, 0.717) is 26.5 Å². The maximum atomic E-state index is 12.6. The first-order chi connectivity index (χ1) is 11.9. The van der Waals surface area contributed by atoms with E-state index >= 15 is 0 Å². The highest BCUT2D eigenvalue weighted by Gasteiger charge is 2.26. The largest absolute Gasteiger partial charge is 0.354 e. The van der Waals surface area contributed by atoms with Crippen LogP contribution in [0.5, 0.6) is 0 Å². The van der Waals surface area contributed by atoms with Crippen LogP contribution in [0.1, 0.15) is 0 Å². The number of aromatic amines is 1. The Morgan fingerprint density at radius 3 is 2.08 bits per heavy atom. The normalized spacial score (nSPS) is 12.2. The Morgan fingerprint density at radius 2 is 1.36 bits per heavy atom. The van der Waals surface area contributed by atoms with E-state index in [2.05, 4.69) is 4.98 Å². The van der Waals surface area contributed by atoms with Crippen LogP contribution in [0.3, 0.4) is 0 Å². The van der Waals surface area contributed by atoms with Crippen molar-refractivity contribution in [3.63, 3.8) is 0 Å². The average molecular weight is 334 g/mol. The fourth-order valence-corrected chi connectivity index (χ4v) is 3.71. The van der Waals surface area contributed by atoms with E-state index in [1.54, 1.807) is 24.3 Å². The number of H-pyrrole nitrogens is 1. The average Bonchev–Trinajstić information content (AvgIpc) is 3.17. The minimum Gasteiger partial charge on any atom is -0.354 e. The van der Waals surface area contributed by atoms with Crippen molar-refractivity contribution in [3.8, 4) is 0 Å². The molecule has 0 radical (unpaired) electrons. The van der Waals surface area contributed by atoms with Crippen LogP contribution in [0.25, 0.3) is 43.4 Å². The third-order valence-electron chi connectivity index (χ3n) is 4.86. The molecule has 0 aliphatic rings. The summed E-state index contributed by atoms with van der Waals surface area (Å²) in [7, 11) is 1.34. The number of aromatic nitrogens is 3. The molecule has 0 spiro atoms. The molecule has 122 valence electrons. The lowest BCUT2D eigenvalue weighted by atomic mass is 10.0. The Hall–Kier alpha value is -3.68. The second kappa shape index (κ2) is 4.04. The van der Waals surface area contributed by atoms with E-state index < -0.39 is 22.2 Å². The van der Waals surface area contributed by atoms with Gasteiger partial charge in [-0.15, -0.1) is 0 Å². The van der Waals surface area contributed by atoms with Crippen molar-refractivity contribution in [2.24, 2.45) is 7.05 Å². The van der Waals surface area contributed by atoms with Crippen LogP contribution in [0, 0.1) is 0 Å². The second-order valence-corrected chi connectivity index (χ2v) is 6.07. The lowest BCUT2D eigenvalue weighted by Gasteiger charge is -1.95. The molecule has 3 aromatic heterocycles. The number of para-hydroxylation sites is 1. The van der Waals surface area contributed by atoms with E-state index in [1.165, 1.54) is 7.05 Å². The number of benzene rings is 2. The van der Waals surface area contributed by atoms with Crippen LogP contribution in [0.4, 0.5) is 0 Å². The van der Waals surface area contributed by atoms with Crippen LogP contribution >= 0.6 is 0 Å². The number of hydrogen-bond donors (Lipinski definition) is 2. The summed E-state index contributed by atoms with van der Waals surface area (Å²) in [6.45, 7) is 0. The number of fused-ring (bicyclic) bond motifs is 8. The Balaban J connectivity index is 2.41. The number of nitrogen functional groups attached to an aromatic ring is 1. The zero-order valence-electron chi connectivity index (χ0n) is 12.9. The highest BCUT2D eigenvalue weighted by atomic mass is 16.2. The topological polar surface area (TPSA) is 120 Å². The third kappa shape index (κ3) is 1.34. The molecule has 8 nitrogen and oxygen atoms in total. The standard InChI is InChI=1S/C17H10N4O4/c1-20-14(22)11-10-9(16(24)21(18)17(10)25)8-6-4-2-3-5-7(6)19-13(8)12(11)15(20)23/h2-5,19H,18H2,1H3. The minimum absolute atomic E-state index is 0.0622. The molecule has 25 heavy (non-hydrogen) atoms. The van der Waals surface area contributed by atoms with Gasteiger partial charge in [-0.1, -0.05) is 18.2 Å². The summed E-state index contributed by atoms with van der Waals surface area (Å²) < 4.78 is 1.43. The Kier molecular flexibility index (Phi) is 2.22. The maximum absolute atomic E-state index is 12.6. The molecule has 0 amide bonds. The van der Waals surface area contributed by atoms with Crippen molar-refractivity contribution in [2.75, 3.05) is 5.84 Å². The van der Waals surface area contributed by atoms with Gasteiger partial charge in [0.1, 0.15) is 0 Å². The molecule has 0 atom stereocenters. The molecule has 0 aliphatic carbocycles. The van der Waals surface area contributed by atoms with Crippen LogP contribution in [-0.4, -0.2) is 14.2 Å². The second-order valence-electron chi connectivity index (χ2n) is 6.07. The summed E-state index contributed by atoms with van der Waals surface area (Å²) in [5.41, 5.74) is -1.54. The quantitative estimate of drug-likeness (QED) is 0.380. The Bertz CT molecular complexity index is 1590. The predicted octanol–water partition coefficient (Wildman–Crippen LogP) is -0.202. The molecular weight excluding hydrogens is 324 g/mol. The van der Waals surface area contributed by atoms with Gasteiger partial charge in [0.25, 0.3) is 22.2 Å². The van der Waals surface area contributed by atoms with Crippen molar-refractivity contribution >= 4 is 43.4 Å². The van der Waals surface area contributed by atoms with E-state index in [1.807, 2.05) is 0 Å². The molecule has 2 aromatic carbocycles. The zero-order valence-corrected chi connectivity index (χ0v) is 12.9. The van der Waals surface area contributed by atoms with Gasteiger partial charge in [0.15, 0.2) is 0 Å². The van der Waals surface area contributed by atoms with Gasteiger partial charge in [-0.2, -0.15) is 4.68 Å². The van der Waals surface area contributed by atoms with Crippen LogP contribution < -0.4 is 28.1 Å². The minimum atomic E-state index is -0.778. The fourth-order valence-electron chi connectivity index (χ4n) is 3.71. The van der Waals surface area contributed by atoms with Crippen molar-refractivity contribution in [3.05, 3.63) is 65.7 Å². The molecular formula is C17H10N4O4. The number of nitrogens with zero attached hydrogens (tertiary/aromatic N) is 2. The van der Waals surface area contributed by atoms with Gasteiger partial charge in [-0.3, -0.25) is 23.7 Å². The van der Waals surface area contributed by atoms with Gasteiger partial charge in [0.05, 0.1) is 27.1 Å². The van der Waals surface area contributed by atoms with E-state index in [9.17, 15) is 19.2 Å². The molecule has 0 aliphatic heterocycles. The lowest BCUT2D eigenvalue weighted by Crippen LogP contribution is -2.32. The smallest absolute Gasteiger partial charge is 0.280 e. The molecule has 3 heterocycles. The molecule has 5 rings (SSSR count). The molecule has 0 bridgehead atoms. The highest BCUT2D eigenvalue weighted by Crippen LogP contribution is 2.34.